The lowest BCUT2D eigenvalue weighted by atomic mass is 10.0. The van der Waals surface area contributed by atoms with Gasteiger partial charge in [-0.1, -0.05) is 19.8 Å². The number of ether oxygens (including phenoxy) is 1. The third-order valence-corrected chi connectivity index (χ3v) is 2.81. The summed E-state index contributed by atoms with van der Waals surface area (Å²) < 4.78 is 4.49. The summed E-state index contributed by atoms with van der Waals surface area (Å²) in [5.41, 5.74) is 0. The molecule has 0 aromatic rings. The molecule has 0 aliphatic carbocycles. The summed E-state index contributed by atoms with van der Waals surface area (Å²) >= 11 is 0. The molecular formula is C12H24O8. The molecule has 0 bridgehead atoms. The highest BCUT2D eigenvalue weighted by Gasteiger charge is 2.35. The van der Waals surface area contributed by atoms with Gasteiger partial charge in [0.15, 0.2) is 0 Å². The van der Waals surface area contributed by atoms with Crippen LogP contribution in [0.3, 0.4) is 0 Å². The van der Waals surface area contributed by atoms with Gasteiger partial charge in [-0.05, 0) is 6.42 Å². The first-order chi connectivity index (χ1) is 9.34. The van der Waals surface area contributed by atoms with E-state index in [1.54, 1.807) is 0 Å². The Morgan fingerprint density at radius 2 is 1.60 bits per heavy atom. The second kappa shape index (κ2) is 10.0. The maximum atomic E-state index is 11.3. The van der Waals surface area contributed by atoms with Crippen molar-refractivity contribution in [2.75, 3.05) is 6.61 Å². The van der Waals surface area contributed by atoms with Gasteiger partial charge >= 0.3 is 5.97 Å². The highest BCUT2D eigenvalue weighted by atomic mass is 16.6. The lowest BCUT2D eigenvalue weighted by Gasteiger charge is -2.28. The molecule has 120 valence electrons. The topological polar surface area (TPSA) is 148 Å². The van der Waals surface area contributed by atoms with Crippen LogP contribution in [0.5, 0.6) is 0 Å². The van der Waals surface area contributed by atoms with E-state index in [0.717, 1.165) is 12.8 Å². The van der Waals surface area contributed by atoms with Crippen LogP contribution < -0.4 is 0 Å². The Kier molecular flexibility index (Phi) is 9.64. The smallest absolute Gasteiger partial charge is 0.308 e. The Labute approximate surface area is 117 Å². The van der Waals surface area contributed by atoms with Gasteiger partial charge in [-0.15, -0.1) is 0 Å². The molecule has 0 amide bonds. The number of unbranched alkanes of at least 4 members (excludes halogenated alkanes) is 2. The molecule has 0 aliphatic heterocycles. The standard InChI is InChI=1S/C12H24O8/c1-2-3-4-5-8(15)20-12(19)11(18)10(17)9(16)7(14)6-13/h7,9-14,16-19H,2-6H2,1H3/t7-,9-,10+,11+,12?/m1/s1. The number of aliphatic hydroxyl groups excluding tert-OH is 6. The number of hydrogen-bond acceptors (Lipinski definition) is 8. The van der Waals surface area contributed by atoms with E-state index in [-0.39, 0.29) is 6.42 Å². The molecule has 0 aliphatic rings. The Morgan fingerprint density at radius 3 is 2.10 bits per heavy atom. The van der Waals surface area contributed by atoms with Crippen molar-refractivity contribution in [1.82, 2.24) is 0 Å². The Bertz CT molecular complexity index is 272. The van der Waals surface area contributed by atoms with Gasteiger partial charge in [0.05, 0.1) is 6.61 Å². The summed E-state index contributed by atoms with van der Waals surface area (Å²) in [4.78, 5) is 11.3. The van der Waals surface area contributed by atoms with Crippen molar-refractivity contribution in [1.29, 1.82) is 0 Å². The molecule has 20 heavy (non-hydrogen) atoms. The van der Waals surface area contributed by atoms with Crippen LogP contribution in [0.2, 0.25) is 0 Å². The molecule has 0 heterocycles. The summed E-state index contributed by atoms with van der Waals surface area (Å²) in [7, 11) is 0. The fourth-order valence-corrected chi connectivity index (χ4v) is 1.49. The molecule has 0 fully saturated rings. The second-order valence-electron chi connectivity index (χ2n) is 4.56. The van der Waals surface area contributed by atoms with E-state index in [0.29, 0.717) is 6.42 Å². The van der Waals surface area contributed by atoms with Crippen molar-refractivity contribution in [2.24, 2.45) is 0 Å². The molecule has 8 heteroatoms. The number of aliphatic hydroxyl groups is 6. The van der Waals surface area contributed by atoms with Gasteiger partial charge in [-0.2, -0.15) is 0 Å². The zero-order valence-corrected chi connectivity index (χ0v) is 11.4. The summed E-state index contributed by atoms with van der Waals surface area (Å²) in [5, 5.41) is 55.4. The Morgan fingerprint density at radius 1 is 1.00 bits per heavy atom. The van der Waals surface area contributed by atoms with E-state index in [1.807, 2.05) is 6.92 Å². The van der Waals surface area contributed by atoms with Crippen LogP contribution in [0.25, 0.3) is 0 Å². The summed E-state index contributed by atoms with van der Waals surface area (Å²) in [6.45, 7) is 1.12. The van der Waals surface area contributed by atoms with Gasteiger partial charge in [0.25, 0.3) is 0 Å². The minimum Gasteiger partial charge on any atom is -0.433 e. The molecule has 0 spiro atoms. The van der Waals surface area contributed by atoms with E-state index in [9.17, 15) is 25.2 Å². The average molecular weight is 296 g/mol. The predicted octanol–water partition coefficient (Wildman–Crippen LogP) is -2.14. The van der Waals surface area contributed by atoms with Crippen LogP contribution in [-0.4, -0.2) is 73.9 Å². The third-order valence-electron chi connectivity index (χ3n) is 2.81. The highest BCUT2D eigenvalue weighted by Crippen LogP contribution is 2.11. The number of carbonyl (C=O) groups excluding carboxylic acids is 1. The molecule has 5 atom stereocenters. The van der Waals surface area contributed by atoms with E-state index in [4.69, 9.17) is 10.2 Å². The van der Waals surface area contributed by atoms with Gasteiger partial charge in [0.2, 0.25) is 6.29 Å². The average Bonchev–Trinajstić information content (AvgIpc) is 2.44. The molecule has 0 aromatic heterocycles. The van der Waals surface area contributed by atoms with E-state index in [1.165, 1.54) is 0 Å². The minimum absolute atomic E-state index is 0.0650. The van der Waals surface area contributed by atoms with E-state index < -0.39 is 43.3 Å². The van der Waals surface area contributed by atoms with E-state index >= 15 is 0 Å². The van der Waals surface area contributed by atoms with Gasteiger partial charge in [-0.25, -0.2) is 0 Å². The van der Waals surface area contributed by atoms with Gasteiger partial charge < -0.3 is 35.4 Å². The molecule has 6 N–H and O–H groups in total. The quantitative estimate of drug-likeness (QED) is 0.152. The Balaban J connectivity index is 4.25. The fourth-order valence-electron chi connectivity index (χ4n) is 1.49. The lowest BCUT2D eigenvalue weighted by molar-refractivity contribution is -0.213. The zero-order chi connectivity index (χ0) is 15.7. The molecule has 0 saturated heterocycles. The van der Waals surface area contributed by atoms with Gasteiger partial charge in [0.1, 0.15) is 24.4 Å². The van der Waals surface area contributed by atoms with Gasteiger partial charge in [-0.3, -0.25) is 4.79 Å². The number of rotatable bonds is 10. The second-order valence-corrected chi connectivity index (χ2v) is 4.56. The lowest BCUT2D eigenvalue weighted by Crippen LogP contribution is -2.50. The molecular weight excluding hydrogens is 272 g/mol. The van der Waals surface area contributed by atoms with Crippen molar-refractivity contribution >= 4 is 5.97 Å². The first-order valence-electron chi connectivity index (χ1n) is 6.55. The van der Waals surface area contributed by atoms with Crippen molar-refractivity contribution in [3.05, 3.63) is 0 Å². The normalized spacial score (nSPS) is 18.9. The van der Waals surface area contributed by atoms with Crippen LogP contribution >= 0.6 is 0 Å². The van der Waals surface area contributed by atoms with Crippen LogP contribution in [0.15, 0.2) is 0 Å². The van der Waals surface area contributed by atoms with Crippen LogP contribution in [0.1, 0.15) is 32.6 Å². The first-order valence-corrected chi connectivity index (χ1v) is 6.55. The highest BCUT2D eigenvalue weighted by molar-refractivity contribution is 5.69. The number of esters is 1. The van der Waals surface area contributed by atoms with Crippen molar-refractivity contribution in [3.8, 4) is 0 Å². The largest absolute Gasteiger partial charge is 0.433 e. The van der Waals surface area contributed by atoms with Crippen molar-refractivity contribution in [3.63, 3.8) is 0 Å². The third kappa shape index (κ3) is 6.60. The monoisotopic (exact) mass is 296 g/mol. The van der Waals surface area contributed by atoms with Crippen LogP contribution in [0.4, 0.5) is 0 Å². The molecule has 0 radical (unpaired) electrons. The number of hydrogen-bond donors (Lipinski definition) is 6. The van der Waals surface area contributed by atoms with Crippen molar-refractivity contribution < 1.29 is 40.2 Å². The molecule has 0 aromatic carbocycles. The van der Waals surface area contributed by atoms with Crippen LogP contribution in [-0.2, 0) is 9.53 Å². The fraction of sp³-hybridized carbons (Fsp3) is 0.917. The zero-order valence-electron chi connectivity index (χ0n) is 11.4. The molecule has 0 rings (SSSR count). The summed E-state index contributed by atoms with van der Waals surface area (Å²) in [5.74, 6) is -0.741. The SMILES string of the molecule is CCCCCC(=O)OC(O)[C@@H](O)[C@@H](O)[C@H](O)[C@H](O)CO. The van der Waals surface area contributed by atoms with Crippen molar-refractivity contribution in [2.45, 2.75) is 63.3 Å². The number of carbonyl (C=O) groups is 1. The van der Waals surface area contributed by atoms with E-state index in [2.05, 4.69) is 4.74 Å². The molecule has 1 unspecified atom stereocenters. The summed E-state index contributed by atoms with van der Waals surface area (Å²) in [6.07, 6.45) is -7.21. The first kappa shape index (κ1) is 19.2. The predicted molar refractivity (Wildman–Crippen MR) is 67.4 cm³/mol. The Hall–Kier alpha value is -0.770. The maximum Gasteiger partial charge on any atom is 0.308 e. The molecule has 8 nitrogen and oxygen atoms in total. The summed E-state index contributed by atoms with van der Waals surface area (Å²) in [6, 6.07) is 0. The minimum atomic E-state index is -2.03. The van der Waals surface area contributed by atoms with Gasteiger partial charge in [0, 0.05) is 6.42 Å². The van der Waals surface area contributed by atoms with Crippen LogP contribution in [0, 0.1) is 0 Å². The molecule has 0 saturated carbocycles. The maximum absolute atomic E-state index is 11.3.